The lowest BCUT2D eigenvalue weighted by atomic mass is 10.1. The van der Waals surface area contributed by atoms with Crippen LogP contribution in [-0.2, 0) is 16.0 Å². The summed E-state index contributed by atoms with van der Waals surface area (Å²) in [6, 6.07) is 11.8. The number of phenols is 1. The molecule has 0 aromatic heterocycles. The van der Waals surface area contributed by atoms with E-state index in [4.69, 9.17) is 0 Å². The van der Waals surface area contributed by atoms with E-state index in [1.165, 1.54) is 36.4 Å². The van der Waals surface area contributed by atoms with E-state index in [0.29, 0.717) is 6.42 Å². The van der Waals surface area contributed by atoms with Crippen molar-refractivity contribution in [1.82, 2.24) is 5.32 Å². The van der Waals surface area contributed by atoms with Crippen LogP contribution in [0.1, 0.15) is 5.56 Å². The zero-order valence-corrected chi connectivity index (χ0v) is 12.6. The summed E-state index contributed by atoms with van der Waals surface area (Å²) in [5.74, 6) is -1.58. The molecule has 0 unspecified atom stereocenters. The topological polar surface area (TPSA) is 122 Å². The molecule has 2 rings (SSSR count). The Morgan fingerprint density at radius 2 is 1.79 bits per heavy atom. The molecule has 124 valence electrons. The van der Waals surface area contributed by atoms with Crippen molar-refractivity contribution >= 4 is 23.2 Å². The maximum Gasteiger partial charge on any atom is 0.313 e. The van der Waals surface area contributed by atoms with Crippen LogP contribution in [0.2, 0.25) is 0 Å². The Hall–Kier alpha value is -3.42. The van der Waals surface area contributed by atoms with Gasteiger partial charge in [0.15, 0.2) is 0 Å². The lowest BCUT2D eigenvalue weighted by Crippen LogP contribution is -2.36. The molecule has 0 saturated carbocycles. The van der Waals surface area contributed by atoms with E-state index in [1.807, 2.05) is 0 Å². The number of carbonyl (C=O) groups is 2. The van der Waals surface area contributed by atoms with E-state index >= 15 is 0 Å². The van der Waals surface area contributed by atoms with Gasteiger partial charge in [-0.1, -0.05) is 18.2 Å². The summed E-state index contributed by atoms with van der Waals surface area (Å²) in [6.45, 7) is 0.242. The summed E-state index contributed by atoms with van der Waals surface area (Å²) >= 11 is 0. The number of aromatic hydroxyl groups is 1. The maximum atomic E-state index is 11.8. The predicted molar refractivity (Wildman–Crippen MR) is 86.5 cm³/mol. The van der Waals surface area contributed by atoms with Crippen LogP contribution in [0.3, 0.4) is 0 Å². The third-order valence-corrected chi connectivity index (χ3v) is 3.16. The van der Waals surface area contributed by atoms with Crippen molar-refractivity contribution < 1.29 is 19.6 Å². The molecular weight excluding hydrogens is 314 g/mol. The molecule has 0 aliphatic rings. The molecule has 0 fully saturated rings. The van der Waals surface area contributed by atoms with Crippen molar-refractivity contribution in [3.8, 4) is 5.75 Å². The lowest BCUT2D eigenvalue weighted by Gasteiger charge is -2.07. The molecular formula is C16H15N3O5. The van der Waals surface area contributed by atoms with Crippen LogP contribution in [0.5, 0.6) is 5.75 Å². The molecule has 8 heteroatoms. The number of nitrogens with zero attached hydrogens (tertiary/aromatic N) is 1. The monoisotopic (exact) mass is 329 g/mol. The Morgan fingerprint density at radius 1 is 1.08 bits per heavy atom. The third kappa shape index (κ3) is 4.80. The third-order valence-electron chi connectivity index (χ3n) is 3.16. The molecule has 3 N–H and O–H groups in total. The summed E-state index contributed by atoms with van der Waals surface area (Å²) in [4.78, 5) is 33.5. The number of non-ortho nitro benzene ring substituents is 1. The summed E-state index contributed by atoms with van der Waals surface area (Å²) in [5.41, 5.74) is 0.885. The van der Waals surface area contributed by atoms with Crippen molar-refractivity contribution in [3.63, 3.8) is 0 Å². The Bertz CT molecular complexity index is 759. The SMILES string of the molecule is O=C(NCCc1ccc(O)cc1)C(=O)Nc1cccc([N+](=O)[O-])c1. The van der Waals surface area contributed by atoms with Crippen LogP contribution >= 0.6 is 0 Å². The molecule has 0 atom stereocenters. The minimum atomic E-state index is -0.902. The highest BCUT2D eigenvalue weighted by Gasteiger charge is 2.14. The predicted octanol–water partition coefficient (Wildman–Crippen LogP) is 1.60. The summed E-state index contributed by atoms with van der Waals surface area (Å²) in [7, 11) is 0. The molecule has 0 radical (unpaired) electrons. The van der Waals surface area contributed by atoms with Gasteiger partial charge in [-0.25, -0.2) is 0 Å². The van der Waals surface area contributed by atoms with Crippen LogP contribution in [0.15, 0.2) is 48.5 Å². The molecule has 2 aromatic rings. The first-order chi connectivity index (χ1) is 11.5. The first kappa shape index (κ1) is 16.9. The number of hydrogen-bond donors (Lipinski definition) is 3. The van der Waals surface area contributed by atoms with E-state index in [1.54, 1.807) is 12.1 Å². The Morgan fingerprint density at radius 3 is 2.46 bits per heavy atom. The highest BCUT2D eigenvalue weighted by Crippen LogP contribution is 2.16. The number of nitro groups is 1. The Balaban J connectivity index is 1.83. The van der Waals surface area contributed by atoms with Crippen LogP contribution in [0.4, 0.5) is 11.4 Å². The highest BCUT2D eigenvalue weighted by molar-refractivity contribution is 6.39. The van der Waals surface area contributed by atoms with Crippen LogP contribution in [0.25, 0.3) is 0 Å². The van der Waals surface area contributed by atoms with Gasteiger partial charge in [-0.05, 0) is 30.2 Å². The van der Waals surface area contributed by atoms with E-state index in [2.05, 4.69) is 10.6 Å². The number of rotatable bonds is 5. The number of nitrogens with one attached hydrogen (secondary N) is 2. The quantitative estimate of drug-likeness (QED) is 0.437. The van der Waals surface area contributed by atoms with Crippen molar-refractivity contribution in [2.24, 2.45) is 0 Å². The van der Waals surface area contributed by atoms with E-state index < -0.39 is 16.7 Å². The number of carbonyl (C=O) groups excluding carboxylic acids is 2. The number of hydrogen-bond acceptors (Lipinski definition) is 5. The van der Waals surface area contributed by atoms with E-state index in [-0.39, 0.29) is 23.7 Å². The molecule has 0 spiro atoms. The molecule has 0 bridgehead atoms. The average Bonchev–Trinajstić information content (AvgIpc) is 2.56. The van der Waals surface area contributed by atoms with Gasteiger partial charge in [0.25, 0.3) is 5.69 Å². The molecule has 0 saturated heterocycles. The van der Waals surface area contributed by atoms with Crippen LogP contribution in [0, 0.1) is 10.1 Å². The zero-order valence-electron chi connectivity index (χ0n) is 12.6. The van der Waals surface area contributed by atoms with E-state index in [9.17, 15) is 24.8 Å². The highest BCUT2D eigenvalue weighted by atomic mass is 16.6. The van der Waals surface area contributed by atoms with Gasteiger partial charge in [0.05, 0.1) is 4.92 Å². The lowest BCUT2D eigenvalue weighted by molar-refractivity contribution is -0.384. The number of anilines is 1. The minimum absolute atomic E-state index is 0.152. The maximum absolute atomic E-state index is 11.8. The molecule has 2 aromatic carbocycles. The van der Waals surface area contributed by atoms with Crippen molar-refractivity contribution in [2.45, 2.75) is 6.42 Å². The van der Waals surface area contributed by atoms with Crippen LogP contribution in [-0.4, -0.2) is 28.4 Å². The second kappa shape index (κ2) is 7.73. The summed E-state index contributed by atoms with van der Waals surface area (Å²) < 4.78 is 0. The van der Waals surface area contributed by atoms with Gasteiger partial charge < -0.3 is 15.7 Å². The zero-order chi connectivity index (χ0) is 17.5. The van der Waals surface area contributed by atoms with E-state index in [0.717, 1.165) is 5.56 Å². The number of benzene rings is 2. The van der Waals surface area contributed by atoms with Crippen molar-refractivity contribution in [2.75, 3.05) is 11.9 Å². The fraction of sp³-hybridized carbons (Fsp3) is 0.125. The second-order valence-electron chi connectivity index (χ2n) is 4.93. The standard InChI is InChI=1S/C16H15N3O5/c20-14-6-4-11(5-7-14)8-9-17-15(21)16(22)18-12-2-1-3-13(10-12)19(23)24/h1-7,10,20H,8-9H2,(H,17,21)(H,18,22). The van der Waals surface area contributed by atoms with Gasteiger partial charge in [0.2, 0.25) is 0 Å². The largest absolute Gasteiger partial charge is 0.508 e. The normalized spacial score (nSPS) is 10.0. The molecule has 0 heterocycles. The smallest absolute Gasteiger partial charge is 0.313 e. The van der Waals surface area contributed by atoms with Crippen LogP contribution < -0.4 is 10.6 Å². The van der Waals surface area contributed by atoms with Crippen molar-refractivity contribution in [1.29, 1.82) is 0 Å². The summed E-state index contributed by atoms with van der Waals surface area (Å²) in [5, 5.41) is 24.6. The minimum Gasteiger partial charge on any atom is -0.508 e. The number of phenolic OH excluding ortho intramolecular Hbond substituents is 1. The number of nitro benzene ring substituents is 1. The molecule has 0 aliphatic heterocycles. The van der Waals surface area contributed by atoms with Gasteiger partial charge in [0.1, 0.15) is 5.75 Å². The first-order valence-corrected chi connectivity index (χ1v) is 7.07. The van der Waals surface area contributed by atoms with Gasteiger partial charge in [-0.3, -0.25) is 19.7 Å². The van der Waals surface area contributed by atoms with Gasteiger partial charge >= 0.3 is 11.8 Å². The molecule has 2 amide bonds. The average molecular weight is 329 g/mol. The van der Waals surface area contributed by atoms with Gasteiger partial charge in [-0.15, -0.1) is 0 Å². The number of amides is 2. The fourth-order valence-electron chi connectivity index (χ4n) is 1.95. The fourth-order valence-corrected chi connectivity index (χ4v) is 1.95. The van der Waals surface area contributed by atoms with Gasteiger partial charge in [0, 0.05) is 24.4 Å². The van der Waals surface area contributed by atoms with Gasteiger partial charge in [-0.2, -0.15) is 0 Å². The second-order valence-corrected chi connectivity index (χ2v) is 4.93. The molecule has 0 aliphatic carbocycles. The first-order valence-electron chi connectivity index (χ1n) is 7.07. The Kier molecular flexibility index (Phi) is 5.45. The summed E-state index contributed by atoms with van der Waals surface area (Å²) in [6.07, 6.45) is 0.496. The molecule has 8 nitrogen and oxygen atoms in total. The van der Waals surface area contributed by atoms with Crippen molar-refractivity contribution in [3.05, 3.63) is 64.2 Å². The Labute approximate surface area is 137 Å². The molecule has 24 heavy (non-hydrogen) atoms.